The van der Waals surface area contributed by atoms with Gasteiger partial charge in [-0.3, -0.25) is 19.3 Å². The van der Waals surface area contributed by atoms with Crippen molar-refractivity contribution < 1.29 is 43.2 Å². The highest BCUT2D eigenvalue weighted by molar-refractivity contribution is 6.25. The molecule has 0 spiro atoms. The Morgan fingerprint density at radius 2 is 1.83 bits per heavy atom. The third kappa shape index (κ3) is 4.41. The maximum Gasteiger partial charge on any atom is 0.308 e. The number of aliphatic hydroxyl groups is 1. The molecule has 12 heteroatoms. The number of methoxy groups -OCH3 is 1. The highest BCUT2D eigenvalue weighted by atomic mass is 16.7. The number of hydrogen-bond acceptors (Lipinski definition) is 12. The largest absolute Gasteiger partial charge is 0.492 e. The molecule has 4 heterocycles. The zero-order valence-corrected chi connectivity index (χ0v) is 26.5. The number of carbonyl (C=O) groups is 3. The maximum atomic E-state index is 14.1. The summed E-state index contributed by atoms with van der Waals surface area (Å²) in [5, 5.41) is 22.6. The molecule has 12 nitrogen and oxygen atoms in total. The third-order valence-electron chi connectivity index (χ3n) is 9.64. The molecule has 1 aliphatic carbocycles. The average molecular weight is 640 g/mol. The summed E-state index contributed by atoms with van der Waals surface area (Å²) in [4.78, 5) is 43.8. The highest BCUT2D eigenvalue weighted by Crippen LogP contribution is 2.56. The number of piperazine rings is 1. The van der Waals surface area contributed by atoms with Crippen molar-refractivity contribution in [2.75, 3.05) is 27.6 Å². The first kappa shape index (κ1) is 30.7. The van der Waals surface area contributed by atoms with Gasteiger partial charge >= 0.3 is 5.97 Å². The number of nitrogens with zero attached hydrogens (tertiary/aromatic N) is 3. The first-order valence-corrected chi connectivity index (χ1v) is 15.2. The van der Waals surface area contributed by atoms with E-state index in [0.717, 1.165) is 5.56 Å². The van der Waals surface area contributed by atoms with E-state index in [1.54, 1.807) is 24.9 Å². The molecule has 1 saturated heterocycles. The number of allylic oxidation sites excluding steroid dienone is 2. The molecule has 1 fully saturated rings. The highest BCUT2D eigenvalue weighted by Gasteiger charge is 2.59. The summed E-state index contributed by atoms with van der Waals surface area (Å²) in [7, 11) is 3.04. The molecule has 0 aromatic heterocycles. The number of ketones is 2. The van der Waals surface area contributed by atoms with Crippen molar-refractivity contribution >= 4 is 23.6 Å². The van der Waals surface area contributed by atoms with Gasteiger partial charge in [-0.25, -0.2) is 0 Å². The van der Waals surface area contributed by atoms with E-state index in [1.807, 2.05) is 35.2 Å². The molecule has 0 radical (unpaired) electrons. The summed E-state index contributed by atoms with van der Waals surface area (Å²) in [5.41, 5.74) is 3.21. The minimum absolute atomic E-state index is 0.0352. The van der Waals surface area contributed by atoms with Crippen LogP contribution in [-0.2, 0) is 30.5 Å². The molecule has 1 N–H and O–H groups in total. The summed E-state index contributed by atoms with van der Waals surface area (Å²) < 4.78 is 29.4. The van der Waals surface area contributed by atoms with E-state index in [1.165, 1.54) is 21.0 Å². The van der Waals surface area contributed by atoms with Crippen LogP contribution in [0.15, 0.2) is 58.5 Å². The second-order valence-electron chi connectivity index (χ2n) is 12.2. The lowest BCUT2D eigenvalue weighted by Crippen LogP contribution is -2.70. The van der Waals surface area contributed by atoms with Crippen LogP contribution in [0, 0.1) is 18.3 Å². The number of hydrogen-bond donors (Lipinski definition) is 1. The predicted octanol–water partition coefficient (Wildman–Crippen LogP) is 2.88. The Morgan fingerprint density at radius 3 is 2.51 bits per heavy atom. The predicted molar refractivity (Wildman–Crippen MR) is 165 cm³/mol. The number of likely N-dealkylation sites (N-methyl/N-ethyl adjacent to an activating group) is 1. The van der Waals surface area contributed by atoms with Crippen LogP contribution >= 0.6 is 0 Å². The summed E-state index contributed by atoms with van der Waals surface area (Å²) in [5.74, 6) is -0.572. The van der Waals surface area contributed by atoms with E-state index < -0.39 is 47.8 Å². The zero-order chi connectivity index (χ0) is 33.3. The van der Waals surface area contributed by atoms with Crippen molar-refractivity contribution in [1.29, 1.82) is 5.26 Å². The smallest absolute Gasteiger partial charge is 0.308 e. The minimum Gasteiger partial charge on any atom is -0.492 e. The molecule has 0 amide bonds. The molecule has 2 aromatic carbocycles. The molecule has 47 heavy (non-hydrogen) atoms. The van der Waals surface area contributed by atoms with Crippen molar-refractivity contribution in [3.05, 3.63) is 80.8 Å². The van der Waals surface area contributed by atoms with Gasteiger partial charge in [-0.2, -0.15) is 5.26 Å². The van der Waals surface area contributed by atoms with Gasteiger partial charge in [-0.15, -0.1) is 0 Å². The van der Waals surface area contributed by atoms with Gasteiger partial charge in [0.25, 0.3) is 0 Å². The lowest BCUT2D eigenvalue weighted by molar-refractivity contribution is -0.132. The van der Waals surface area contributed by atoms with Crippen LogP contribution < -0.4 is 14.2 Å². The molecular weight excluding hydrogens is 606 g/mol. The van der Waals surface area contributed by atoms with E-state index in [2.05, 4.69) is 6.07 Å². The lowest BCUT2D eigenvalue weighted by atomic mass is 9.70. The molecule has 2 bridgehead atoms. The van der Waals surface area contributed by atoms with Gasteiger partial charge in [-0.1, -0.05) is 30.3 Å². The monoisotopic (exact) mass is 639 g/mol. The van der Waals surface area contributed by atoms with Gasteiger partial charge in [-0.05, 0) is 32.5 Å². The van der Waals surface area contributed by atoms with Gasteiger partial charge in [0.05, 0.1) is 44.5 Å². The van der Waals surface area contributed by atoms with Crippen LogP contribution in [0.25, 0.3) is 6.08 Å². The number of benzene rings is 2. The van der Waals surface area contributed by atoms with E-state index in [4.69, 9.17) is 23.7 Å². The molecule has 4 aliphatic heterocycles. The Kier molecular flexibility index (Phi) is 7.43. The molecule has 0 unspecified atom stereocenters. The molecule has 5 atom stereocenters. The fourth-order valence-electron chi connectivity index (χ4n) is 7.68. The Morgan fingerprint density at radius 1 is 1.11 bits per heavy atom. The Balaban J connectivity index is 1.48. The fourth-order valence-corrected chi connectivity index (χ4v) is 7.68. The number of aliphatic hydroxyl groups excluding tert-OH is 1. The molecule has 242 valence electrons. The quantitative estimate of drug-likeness (QED) is 0.282. The molecule has 5 aliphatic rings. The van der Waals surface area contributed by atoms with Crippen LogP contribution in [0.4, 0.5) is 0 Å². The first-order valence-electron chi connectivity index (χ1n) is 15.2. The van der Waals surface area contributed by atoms with Gasteiger partial charge in [0.15, 0.2) is 23.0 Å². The SMILES string of the molecule is COC1=C(C)C(=O)C2=C(C1=O)[C@@H]1C3=Cc4c(OC(C)=O)c(C)c5c(c4[C@H](COCc4ccccc4)N3[C@@H](C#N)[C@H]([C@H]2O)N1C)OCO5. The van der Waals surface area contributed by atoms with Gasteiger partial charge in [0.2, 0.25) is 12.6 Å². The summed E-state index contributed by atoms with van der Waals surface area (Å²) >= 11 is 0. The van der Waals surface area contributed by atoms with Crippen LogP contribution in [-0.4, -0.2) is 84.2 Å². The molecule has 2 aromatic rings. The third-order valence-corrected chi connectivity index (χ3v) is 9.64. The lowest BCUT2D eigenvalue weighted by Gasteiger charge is -2.58. The average Bonchev–Trinajstić information content (AvgIpc) is 3.54. The van der Waals surface area contributed by atoms with Gasteiger partial charge in [0.1, 0.15) is 17.9 Å². The van der Waals surface area contributed by atoms with E-state index >= 15 is 0 Å². The Hall–Kier alpha value is -4.96. The molecule has 7 rings (SSSR count). The van der Waals surface area contributed by atoms with Gasteiger partial charge < -0.3 is 33.7 Å². The van der Waals surface area contributed by atoms with Crippen molar-refractivity contribution in [3.63, 3.8) is 0 Å². The topological polar surface area (TPSA) is 148 Å². The van der Waals surface area contributed by atoms with E-state index in [-0.39, 0.29) is 48.2 Å². The first-order chi connectivity index (χ1) is 22.6. The number of fused-ring (bicyclic) bond motifs is 8. The second kappa shape index (κ2) is 11.4. The Labute approximate surface area is 271 Å². The van der Waals surface area contributed by atoms with E-state index in [9.17, 15) is 24.8 Å². The second-order valence-corrected chi connectivity index (χ2v) is 12.2. The number of esters is 1. The normalized spacial score (nSPS) is 25.9. The summed E-state index contributed by atoms with van der Waals surface area (Å²) in [6, 6.07) is 8.52. The number of carbonyl (C=O) groups excluding carboxylic acids is 3. The van der Waals surface area contributed by atoms with Gasteiger partial charge in [0, 0.05) is 46.0 Å². The minimum atomic E-state index is -1.45. The number of ether oxygens (including phenoxy) is 5. The van der Waals surface area contributed by atoms with Crippen LogP contribution in [0.2, 0.25) is 0 Å². The standard InChI is InChI=1S/C35H33N3O9/c1-16-29(40)26-25(31(42)33(16)43-5)27-21-11-20-24(35-34(45-15-46-35)17(2)32(20)47-18(3)39)23(14-44-13-19-9-7-6-8-10-19)38(21)22(12-36)28(30(26)41)37(27)4/h6-11,22-23,27-28,30,41H,13-15H2,1-5H3/t22-,23-,27-,28+,30-/m0/s1. The van der Waals surface area contributed by atoms with Crippen molar-refractivity contribution in [2.24, 2.45) is 0 Å². The van der Waals surface area contributed by atoms with Crippen LogP contribution in [0.3, 0.4) is 0 Å². The maximum absolute atomic E-state index is 14.1. The van der Waals surface area contributed by atoms with Crippen LogP contribution in [0.5, 0.6) is 17.2 Å². The number of Topliss-reactive ketones (excluding diaryl/α,β-unsaturated/α-hetero) is 2. The molecule has 0 saturated carbocycles. The van der Waals surface area contributed by atoms with Crippen molar-refractivity contribution in [3.8, 4) is 23.3 Å². The fraction of sp³-hybridized carbons (Fsp3) is 0.371. The summed E-state index contributed by atoms with van der Waals surface area (Å²) in [6.45, 7) is 4.81. The van der Waals surface area contributed by atoms with E-state index in [0.29, 0.717) is 33.9 Å². The summed E-state index contributed by atoms with van der Waals surface area (Å²) in [6.07, 6.45) is 0.324. The van der Waals surface area contributed by atoms with Crippen molar-refractivity contribution in [2.45, 2.75) is 57.6 Å². The number of nitriles is 1. The Bertz CT molecular complexity index is 1870. The van der Waals surface area contributed by atoms with Crippen LogP contribution in [0.1, 0.15) is 42.1 Å². The number of rotatable bonds is 6. The molecular formula is C35H33N3O9. The zero-order valence-electron chi connectivity index (χ0n) is 26.5. The van der Waals surface area contributed by atoms with Crippen molar-refractivity contribution in [1.82, 2.24) is 9.80 Å².